The molecule has 0 aliphatic heterocycles. The van der Waals surface area contributed by atoms with Gasteiger partial charge < -0.3 is 15.2 Å². The highest BCUT2D eigenvalue weighted by molar-refractivity contribution is 5.90. The smallest absolute Gasteiger partial charge is 0.416 e. The van der Waals surface area contributed by atoms with Crippen LogP contribution in [-0.2, 0) is 17.5 Å². The van der Waals surface area contributed by atoms with Crippen LogP contribution in [-0.4, -0.2) is 27.7 Å². The lowest BCUT2D eigenvalue weighted by Gasteiger charge is -2.13. The maximum Gasteiger partial charge on any atom is 0.416 e. The van der Waals surface area contributed by atoms with E-state index in [4.69, 9.17) is 4.74 Å². The normalized spacial score (nSPS) is 11.2. The first-order valence-electron chi connectivity index (χ1n) is 7.35. The van der Waals surface area contributed by atoms with Gasteiger partial charge in [-0.05, 0) is 32.0 Å². The SMILES string of the molecule is CCOC(=O)c1ncnc(NCc2cc(C(F)(F)F)ccc2O)c1C. The standard InChI is InChI=1S/C16H16F3N3O3/c1-3-25-15(24)13-9(2)14(22-8-21-13)20-7-10-6-11(16(17,18)19)4-5-12(10)23/h4-6,8,23H,3,7H2,1-2H3,(H,20,21,22). The molecule has 0 bridgehead atoms. The number of rotatable bonds is 5. The Morgan fingerprint density at radius 2 is 2.04 bits per heavy atom. The Morgan fingerprint density at radius 1 is 1.32 bits per heavy atom. The van der Waals surface area contributed by atoms with Crippen LogP contribution in [0.4, 0.5) is 19.0 Å². The van der Waals surface area contributed by atoms with Gasteiger partial charge in [0.25, 0.3) is 0 Å². The minimum absolute atomic E-state index is 0.0468. The topological polar surface area (TPSA) is 84.3 Å². The average Bonchev–Trinajstić information content (AvgIpc) is 2.54. The molecule has 0 atom stereocenters. The van der Waals surface area contributed by atoms with Crippen LogP contribution in [0.1, 0.15) is 34.1 Å². The van der Waals surface area contributed by atoms with E-state index in [0.29, 0.717) is 5.56 Å². The number of anilines is 1. The summed E-state index contributed by atoms with van der Waals surface area (Å²) in [7, 11) is 0. The zero-order valence-electron chi connectivity index (χ0n) is 13.5. The number of benzene rings is 1. The number of aromatic nitrogens is 2. The molecule has 1 aromatic heterocycles. The first-order valence-corrected chi connectivity index (χ1v) is 7.35. The quantitative estimate of drug-likeness (QED) is 0.801. The second-order valence-electron chi connectivity index (χ2n) is 5.11. The molecule has 1 heterocycles. The van der Waals surface area contributed by atoms with Gasteiger partial charge in [0.15, 0.2) is 5.69 Å². The summed E-state index contributed by atoms with van der Waals surface area (Å²) in [6.07, 6.45) is -3.36. The van der Waals surface area contributed by atoms with E-state index in [-0.39, 0.29) is 36.0 Å². The molecule has 0 spiro atoms. The average molecular weight is 355 g/mol. The van der Waals surface area contributed by atoms with Gasteiger partial charge in [0.05, 0.1) is 12.2 Å². The molecule has 0 saturated carbocycles. The van der Waals surface area contributed by atoms with Crippen molar-refractivity contribution in [1.82, 2.24) is 9.97 Å². The van der Waals surface area contributed by atoms with Crippen molar-refractivity contribution in [3.63, 3.8) is 0 Å². The van der Waals surface area contributed by atoms with Crippen molar-refractivity contribution in [2.45, 2.75) is 26.6 Å². The first kappa shape index (κ1) is 18.5. The zero-order valence-corrected chi connectivity index (χ0v) is 13.5. The van der Waals surface area contributed by atoms with Crippen LogP contribution in [0.25, 0.3) is 0 Å². The van der Waals surface area contributed by atoms with Crippen LogP contribution in [0.3, 0.4) is 0 Å². The molecule has 2 N–H and O–H groups in total. The van der Waals surface area contributed by atoms with Gasteiger partial charge in [0, 0.05) is 17.7 Å². The minimum Gasteiger partial charge on any atom is -0.508 e. The predicted molar refractivity (Wildman–Crippen MR) is 83.2 cm³/mol. The van der Waals surface area contributed by atoms with Gasteiger partial charge in [-0.25, -0.2) is 14.8 Å². The van der Waals surface area contributed by atoms with Gasteiger partial charge in [-0.3, -0.25) is 0 Å². The number of phenolic OH excluding ortho intramolecular Hbond substituents is 1. The third-order valence-electron chi connectivity index (χ3n) is 3.41. The molecule has 1 aromatic carbocycles. The van der Waals surface area contributed by atoms with Crippen molar-refractivity contribution < 1.29 is 27.8 Å². The summed E-state index contributed by atoms with van der Waals surface area (Å²) in [4.78, 5) is 19.6. The highest BCUT2D eigenvalue weighted by atomic mass is 19.4. The van der Waals surface area contributed by atoms with Crippen molar-refractivity contribution in [2.24, 2.45) is 0 Å². The van der Waals surface area contributed by atoms with E-state index in [1.807, 2.05) is 0 Å². The fourth-order valence-electron chi connectivity index (χ4n) is 2.12. The molecule has 0 fully saturated rings. The number of aromatic hydroxyl groups is 1. The van der Waals surface area contributed by atoms with Crippen LogP contribution in [0.15, 0.2) is 24.5 Å². The Balaban J connectivity index is 2.22. The fourth-order valence-corrected chi connectivity index (χ4v) is 2.12. The number of ether oxygens (including phenoxy) is 1. The zero-order chi connectivity index (χ0) is 18.6. The molecular formula is C16H16F3N3O3. The highest BCUT2D eigenvalue weighted by Crippen LogP contribution is 2.32. The summed E-state index contributed by atoms with van der Waals surface area (Å²) in [6, 6.07) is 2.63. The van der Waals surface area contributed by atoms with Crippen molar-refractivity contribution in [3.8, 4) is 5.75 Å². The van der Waals surface area contributed by atoms with Crippen LogP contribution in [0.5, 0.6) is 5.75 Å². The molecule has 6 nitrogen and oxygen atoms in total. The van der Waals surface area contributed by atoms with Gasteiger partial charge >= 0.3 is 12.1 Å². The molecule has 25 heavy (non-hydrogen) atoms. The number of alkyl halides is 3. The Hall–Kier alpha value is -2.84. The molecule has 9 heteroatoms. The van der Waals surface area contributed by atoms with Gasteiger partial charge in [0.2, 0.25) is 0 Å². The van der Waals surface area contributed by atoms with Crippen molar-refractivity contribution in [2.75, 3.05) is 11.9 Å². The van der Waals surface area contributed by atoms with E-state index in [2.05, 4.69) is 15.3 Å². The summed E-state index contributed by atoms with van der Waals surface area (Å²) >= 11 is 0. The van der Waals surface area contributed by atoms with Crippen molar-refractivity contribution in [3.05, 3.63) is 46.9 Å². The second kappa shape index (κ2) is 7.37. The largest absolute Gasteiger partial charge is 0.508 e. The molecule has 0 unspecified atom stereocenters. The molecule has 0 radical (unpaired) electrons. The van der Waals surface area contributed by atoms with Crippen molar-refractivity contribution in [1.29, 1.82) is 0 Å². The third kappa shape index (κ3) is 4.37. The molecule has 134 valence electrons. The second-order valence-corrected chi connectivity index (χ2v) is 5.11. The van der Waals surface area contributed by atoms with E-state index in [1.54, 1.807) is 13.8 Å². The summed E-state index contributed by atoms with van der Waals surface area (Å²) in [5, 5.41) is 12.5. The first-order chi connectivity index (χ1) is 11.7. The van der Waals surface area contributed by atoms with Crippen molar-refractivity contribution >= 4 is 11.8 Å². The molecule has 0 saturated heterocycles. The third-order valence-corrected chi connectivity index (χ3v) is 3.41. The lowest BCUT2D eigenvalue weighted by atomic mass is 10.1. The lowest BCUT2D eigenvalue weighted by molar-refractivity contribution is -0.137. The minimum atomic E-state index is -4.51. The number of esters is 1. The lowest BCUT2D eigenvalue weighted by Crippen LogP contribution is -2.13. The Morgan fingerprint density at radius 3 is 2.68 bits per heavy atom. The number of halogens is 3. The molecule has 0 aliphatic carbocycles. The van der Waals surface area contributed by atoms with Gasteiger partial charge in [-0.2, -0.15) is 13.2 Å². The molecule has 0 amide bonds. The van der Waals surface area contributed by atoms with Gasteiger partial charge in [-0.15, -0.1) is 0 Å². The Bertz CT molecular complexity index is 779. The van der Waals surface area contributed by atoms with E-state index in [1.165, 1.54) is 0 Å². The van der Waals surface area contributed by atoms with E-state index in [0.717, 1.165) is 24.5 Å². The molecule has 2 rings (SSSR count). The summed E-state index contributed by atoms with van der Waals surface area (Å²) in [6.45, 7) is 3.31. The number of carbonyl (C=O) groups is 1. The Labute approximate surface area is 141 Å². The summed E-state index contributed by atoms with van der Waals surface area (Å²) < 4.78 is 43.2. The number of nitrogens with zero attached hydrogens (tertiary/aromatic N) is 2. The number of hydrogen-bond acceptors (Lipinski definition) is 6. The van der Waals surface area contributed by atoms with Crippen LogP contribution in [0.2, 0.25) is 0 Å². The maximum absolute atomic E-state index is 12.8. The number of hydrogen-bond donors (Lipinski definition) is 2. The van der Waals surface area contributed by atoms with E-state index < -0.39 is 17.7 Å². The van der Waals surface area contributed by atoms with E-state index in [9.17, 15) is 23.1 Å². The summed E-state index contributed by atoms with van der Waals surface area (Å²) in [5.74, 6) is -0.639. The number of phenols is 1. The number of nitrogens with one attached hydrogen (secondary N) is 1. The molecule has 0 aliphatic rings. The molecular weight excluding hydrogens is 339 g/mol. The predicted octanol–water partition coefficient (Wildman–Crippen LogP) is 3.30. The monoisotopic (exact) mass is 355 g/mol. The van der Waals surface area contributed by atoms with E-state index >= 15 is 0 Å². The van der Waals surface area contributed by atoms with Crippen LogP contribution >= 0.6 is 0 Å². The number of carbonyl (C=O) groups excluding carboxylic acids is 1. The van der Waals surface area contributed by atoms with Crippen LogP contribution in [0, 0.1) is 6.92 Å². The fraction of sp³-hybridized carbons (Fsp3) is 0.312. The summed E-state index contributed by atoms with van der Waals surface area (Å²) in [5.41, 5.74) is -0.362. The highest BCUT2D eigenvalue weighted by Gasteiger charge is 2.31. The van der Waals surface area contributed by atoms with Crippen LogP contribution < -0.4 is 5.32 Å². The van der Waals surface area contributed by atoms with Gasteiger partial charge in [-0.1, -0.05) is 0 Å². The van der Waals surface area contributed by atoms with Gasteiger partial charge in [0.1, 0.15) is 17.9 Å². The maximum atomic E-state index is 12.8. The molecule has 2 aromatic rings. The Kier molecular flexibility index (Phi) is 5.45.